The highest BCUT2D eigenvalue weighted by Gasteiger charge is 2.30. The molecule has 0 saturated carbocycles. The van der Waals surface area contributed by atoms with E-state index in [-0.39, 0.29) is 0 Å². The van der Waals surface area contributed by atoms with Crippen molar-refractivity contribution in [1.82, 2.24) is 19.7 Å². The average molecular weight is 294 g/mol. The van der Waals surface area contributed by atoms with Crippen molar-refractivity contribution in [3.63, 3.8) is 0 Å². The summed E-state index contributed by atoms with van der Waals surface area (Å²) in [6.45, 7) is 12.8. The van der Waals surface area contributed by atoms with Gasteiger partial charge in [0.15, 0.2) is 0 Å². The molecule has 0 spiro atoms. The number of aromatic nitrogens is 1. The van der Waals surface area contributed by atoms with Crippen molar-refractivity contribution in [2.24, 2.45) is 0 Å². The first-order valence-corrected chi connectivity index (χ1v) is 8.59. The summed E-state index contributed by atoms with van der Waals surface area (Å²) in [6, 6.07) is 0.715. The van der Waals surface area contributed by atoms with Gasteiger partial charge in [-0.1, -0.05) is 13.8 Å². The van der Waals surface area contributed by atoms with Crippen molar-refractivity contribution in [2.75, 3.05) is 46.3 Å². The van der Waals surface area contributed by atoms with Gasteiger partial charge < -0.3 is 4.90 Å². The fourth-order valence-corrected chi connectivity index (χ4v) is 4.17. The van der Waals surface area contributed by atoms with Crippen LogP contribution >= 0.6 is 11.3 Å². The monoisotopic (exact) mass is 294 g/mol. The highest BCUT2D eigenvalue weighted by molar-refractivity contribution is 7.09. The lowest BCUT2D eigenvalue weighted by molar-refractivity contribution is 0.0175. The first-order chi connectivity index (χ1) is 9.61. The molecule has 0 amide bonds. The summed E-state index contributed by atoms with van der Waals surface area (Å²) in [7, 11) is 2.24. The van der Waals surface area contributed by atoms with E-state index in [4.69, 9.17) is 4.98 Å². The van der Waals surface area contributed by atoms with Crippen LogP contribution in [0, 0.1) is 0 Å². The second-order valence-corrected chi connectivity index (χ2v) is 7.45. The normalized spacial score (nSPS) is 26.1. The highest BCUT2D eigenvalue weighted by atomic mass is 32.1. The number of hydrogen-bond donors (Lipinski definition) is 0. The fourth-order valence-electron chi connectivity index (χ4n) is 3.17. The van der Waals surface area contributed by atoms with E-state index in [0.717, 1.165) is 6.54 Å². The van der Waals surface area contributed by atoms with Gasteiger partial charge in [-0.15, -0.1) is 11.3 Å². The van der Waals surface area contributed by atoms with Crippen molar-refractivity contribution in [2.45, 2.75) is 32.4 Å². The van der Waals surface area contributed by atoms with Gasteiger partial charge in [0.25, 0.3) is 0 Å². The van der Waals surface area contributed by atoms with Gasteiger partial charge in [0.2, 0.25) is 0 Å². The third kappa shape index (κ3) is 3.22. The number of thiazole rings is 1. The molecule has 20 heavy (non-hydrogen) atoms. The van der Waals surface area contributed by atoms with Crippen LogP contribution in [-0.2, 0) is 6.54 Å². The zero-order chi connectivity index (χ0) is 14.1. The summed E-state index contributed by atoms with van der Waals surface area (Å²) >= 11 is 1.82. The summed E-state index contributed by atoms with van der Waals surface area (Å²) in [4.78, 5) is 12.5. The Hall–Kier alpha value is -0.490. The standard InChI is InChI=1S/C15H26N4S/c1-12(2)14-11-20-15(16-14)10-18-5-7-19-6-4-17(3)8-13(19)9-18/h11-13H,4-10H2,1-3H3/t13-/m1/s1. The maximum absolute atomic E-state index is 4.78. The van der Waals surface area contributed by atoms with Crippen LogP contribution in [-0.4, -0.2) is 72.0 Å². The minimum absolute atomic E-state index is 0.545. The number of likely N-dealkylation sites (N-methyl/N-ethyl adjacent to an activating group) is 1. The van der Waals surface area contributed by atoms with E-state index < -0.39 is 0 Å². The van der Waals surface area contributed by atoms with Crippen molar-refractivity contribution >= 4 is 11.3 Å². The Labute approximate surface area is 126 Å². The third-order valence-electron chi connectivity index (χ3n) is 4.50. The molecule has 1 atom stereocenters. The van der Waals surface area contributed by atoms with Gasteiger partial charge in [-0.2, -0.15) is 0 Å². The molecular weight excluding hydrogens is 268 g/mol. The van der Waals surface area contributed by atoms with Crippen LogP contribution in [0.4, 0.5) is 0 Å². The van der Waals surface area contributed by atoms with E-state index in [1.807, 2.05) is 11.3 Å². The smallest absolute Gasteiger partial charge is 0.107 e. The minimum Gasteiger partial charge on any atom is -0.303 e. The van der Waals surface area contributed by atoms with Crippen molar-refractivity contribution in [3.05, 3.63) is 16.1 Å². The Morgan fingerprint density at radius 1 is 1.25 bits per heavy atom. The Kier molecular flexibility index (Phi) is 4.40. The predicted octanol–water partition coefficient (Wildman–Crippen LogP) is 1.70. The molecule has 2 saturated heterocycles. The summed E-state index contributed by atoms with van der Waals surface area (Å²) in [5, 5.41) is 3.51. The second-order valence-electron chi connectivity index (χ2n) is 6.51. The average Bonchev–Trinajstić information content (AvgIpc) is 2.87. The summed E-state index contributed by atoms with van der Waals surface area (Å²) in [5.41, 5.74) is 1.25. The number of nitrogens with zero attached hydrogens (tertiary/aromatic N) is 4. The molecule has 3 rings (SSSR count). The first-order valence-electron chi connectivity index (χ1n) is 7.71. The molecule has 2 fully saturated rings. The number of fused-ring (bicyclic) bond motifs is 1. The van der Waals surface area contributed by atoms with Gasteiger partial charge in [0.1, 0.15) is 5.01 Å². The molecule has 1 aromatic rings. The lowest BCUT2D eigenvalue weighted by Crippen LogP contribution is -2.61. The van der Waals surface area contributed by atoms with Crippen LogP contribution in [0.5, 0.6) is 0 Å². The molecule has 0 bridgehead atoms. The molecule has 5 heteroatoms. The maximum atomic E-state index is 4.78. The SMILES string of the molecule is CC(C)c1csc(CN2CCN3CCN(C)C[C@@H]3C2)n1. The van der Waals surface area contributed by atoms with Crippen LogP contribution in [0.15, 0.2) is 5.38 Å². The van der Waals surface area contributed by atoms with Crippen LogP contribution < -0.4 is 0 Å². The van der Waals surface area contributed by atoms with Gasteiger partial charge in [-0.25, -0.2) is 4.98 Å². The molecule has 3 heterocycles. The molecule has 0 aromatic carbocycles. The molecule has 112 valence electrons. The number of rotatable bonds is 3. The molecule has 1 aromatic heterocycles. The topological polar surface area (TPSA) is 22.6 Å². The molecule has 4 nitrogen and oxygen atoms in total. The highest BCUT2D eigenvalue weighted by Crippen LogP contribution is 2.21. The van der Waals surface area contributed by atoms with Gasteiger partial charge in [-0.3, -0.25) is 9.80 Å². The lowest BCUT2D eigenvalue weighted by Gasteiger charge is -2.46. The quantitative estimate of drug-likeness (QED) is 0.846. The molecule has 0 N–H and O–H groups in total. The maximum Gasteiger partial charge on any atom is 0.107 e. The van der Waals surface area contributed by atoms with Crippen molar-refractivity contribution < 1.29 is 0 Å². The van der Waals surface area contributed by atoms with E-state index in [2.05, 4.69) is 41.0 Å². The lowest BCUT2D eigenvalue weighted by atomic mass is 10.1. The van der Waals surface area contributed by atoms with Gasteiger partial charge in [0, 0.05) is 50.7 Å². The Morgan fingerprint density at radius 2 is 2.05 bits per heavy atom. The molecule has 0 radical (unpaired) electrons. The zero-order valence-electron chi connectivity index (χ0n) is 12.9. The minimum atomic E-state index is 0.545. The summed E-state index contributed by atoms with van der Waals surface area (Å²) in [6.07, 6.45) is 0. The Morgan fingerprint density at radius 3 is 2.80 bits per heavy atom. The van der Waals surface area contributed by atoms with Crippen LogP contribution in [0.2, 0.25) is 0 Å². The molecule has 0 aliphatic carbocycles. The Balaban J connectivity index is 1.58. The largest absolute Gasteiger partial charge is 0.303 e. The van der Waals surface area contributed by atoms with E-state index in [0.29, 0.717) is 12.0 Å². The van der Waals surface area contributed by atoms with E-state index in [1.54, 1.807) is 0 Å². The first kappa shape index (κ1) is 14.4. The van der Waals surface area contributed by atoms with Crippen LogP contribution in [0.3, 0.4) is 0 Å². The third-order valence-corrected chi connectivity index (χ3v) is 5.35. The van der Waals surface area contributed by atoms with Crippen LogP contribution in [0.25, 0.3) is 0 Å². The van der Waals surface area contributed by atoms with Gasteiger partial charge in [0.05, 0.1) is 12.2 Å². The molecule has 0 unspecified atom stereocenters. The summed E-state index contributed by atoms with van der Waals surface area (Å²) < 4.78 is 0. The van der Waals surface area contributed by atoms with Crippen LogP contribution in [0.1, 0.15) is 30.5 Å². The van der Waals surface area contributed by atoms with Gasteiger partial charge >= 0.3 is 0 Å². The van der Waals surface area contributed by atoms with Gasteiger partial charge in [-0.05, 0) is 13.0 Å². The fraction of sp³-hybridized carbons (Fsp3) is 0.800. The molecule has 2 aliphatic heterocycles. The molecular formula is C15H26N4S. The van der Waals surface area contributed by atoms with Crippen molar-refractivity contribution in [3.8, 4) is 0 Å². The number of hydrogen-bond acceptors (Lipinski definition) is 5. The predicted molar refractivity (Wildman–Crippen MR) is 84.3 cm³/mol. The zero-order valence-corrected chi connectivity index (χ0v) is 13.7. The second kappa shape index (κ2) is 6.10. The van der Waals surface area contributed by atoms with E-state index in [1.165, 1.54) is 50.0 Å². The molecule has 2 aliphatic rings. The van der Waals surface area contributed by atoms with E-state index >= 15 is 0 Å². The summed E-state index contributed by atoms with van der Waals surface area (Å²) in [5.74, 6) is 0.545. The van der Waals surface area contributed by atoms with E-state index in [9.17, 15) is 0 Å². The Bertz CT molecular complexity index is 445. The number of piperazine rings is 2. The van der Waals surface area contributed by atoms with Crippen molar-refractivity contribution in [1.29, 1.82) is 0 Å².